The summed E-state index contributed by atoms with van der Waals surface area (Å²) in [6.45, 7) is 1.79. The van der Waals surface area contributed by atoms with E-state index in [9.17, 15) is 9.59 Å². The Bertz CT molecular complexity index is 1510. The molecule has 0 spiro atoms. The van der Waals surface area contributed by atoms with E-state index in [-0.39, 0.29) is 0 Å². The second-order valence-electron chi connectivity index (χ2n) is 7.98. The summed E-state index contributed by atoms with van der Waals surface area (Å²) in [7, 11) is 0. The zero-order valence-corrected chi connectivity index (χ0v) is 21.6. The number of ether oxygens (including phenoxy) is 1. The van der Waals surface area contributed by atoms with Crippen LogP contribution in [0, 0.1) is 0 Å². The van der Waals surface area contributed by atoms with Crippen LogP contribution in [0.1, 0.15) is 23.7 Å². The number of nitrogens with zero attached hydrogens (tertiary/aromatic N) is 2. The Balaban J connectivity index is 1.31. The van der Waals surface area contributed by atoms with Gasteiger partial charge in [0.05, 0.1) is 22.3 Å². The van der Waals surface area contributed by atoms with E-state index in [1.54, 1.807) is 25.1 Å². The summed E-state index contributed by atoms with van der Waals surface area (Å²) in [4.78, 5) is 38.4. The number of para-hydroxylation sites is 2. The van der Waals surface area contributed by atoms with Crippen LogP contribution in [0.15, 0.2) is 82.6 Å². The maximum Gasteiger partial charge on any atom is 0.339 e. The third-order valence-electron chi connectivity index (χ3n) is 5.58. The molecule has 180 valence electrons. The standard InChI is InChI=1S/C27H21BrN4O3S/c1-2-23(25(33)32-27-31-22(15-36-27)16-11-13-17(28)14-12-16)35-26(34)19-8-4-3-7-18(19)24-29-20-9-5-6-10-21(20)30-24/h3-15,23H,2H2,1H3,(H,29,30)(H,31,32,33). The number of amides is 1. The summed E-state index contributed by atoms with van der Waals surface area (Å²) < 4.78 is 6.62. The van der Waals surface area contributed by atoms with Crippen molar-refractivity contribution < 1.29 is 14.3 Å². The van der Waals surface area contributed by atoms with Crippen LogP contribution in [0.3, 0.4) is 0 Å². The van der Waals surface area contributed by atoms with Crippen LogP contribution in [-0.2, 0) is 9.53 Å². The van der Waals surface area contributed by atoms with Crippen molar-refractivity contribution in [1.82, 2.24) is 15.0 Å². The van der Waals surface area contributed by atoms with Gasteiger partial charge < -0.3 is 9.72 Å². The maximum absolute atomic E-state index is 13.1. The highest BCUT2D eigenvalue weighted by Crippen LogP contribution is 2.27. The molecule has 7 nitrogen and oxygen atoms in total. The lowest BCUT2D eigenvalue weighted by Gasteiger charge is -2.16. The van der Waals surface area contributed by atoms with Crippen molar-refractivity contribution in [3.8, 4) is 22.6 Å². The SMILES string of the molecule is CCC(OC(=O)c1ccccc1-c1nc2ccccc2[nH]1)C(=O)Nc1nc(-c2ccc(Br)cc2)cs1. The van der Waals surface area contributed by atoms with Crippen molar-refractivity contribution in [2.24, 2.45) is 0 Å². The second-order valence-corrected chi connectivity index (χ2v) is 9.76. The highest BCUT2D eigenvalue weighted by atomic mass is 79.9. The Kier molecular flexibility index (Phi) is 6.92. The predicted molar refractivity (Wildman–Crippen MR) is 145 cm³/mol. The molecule has 0 aliphatic carbocycles. The van der Waals surface area contributed by atoms with Gasteiger partial charge in [0.2, 0.25) is 0 Å². The summed E-state index contributed by atoms with van der Waals surface area (Å²) in [5.74, 6) is -0.462. The molecule has 2 heterocycles. The minimum Gasteiger partial charge on any atom is -0.449 e. The molecule has 0 saturated heterocycles. The smallest absolute Gasteiger partial charge is 0.339 e. The van der Waals surface area contributed by atoms with Gasteiger partial charge in [-0.1, -0.05) is 65.3 Å². The fourth-order valence-electron chi connectivity index (χ4n) is 3.73. The molecule has 36 heavy (non-hydrogen) atoms. The molecule has 9 heteroatoms. The van der Waals surface area contributed by atoms with Crippen molar-refractivity contribution in [1.29, 1.82) is 0 Å². The Labute approximate surface area is 219 Å². The van der Waals surface area contributed by atoms with Crippen LogP contribution >= 0.6 is 27.3 Å². The molecule has 0 radical (unpaired) electrons. The Morgan fingerprint density at radius 1 is 1.03 bits per heavy atom. The summed E-state index contributed by atoms with van der Waals surface area (Å²) >= 11 is 4.73. The lowest BCUT2D eigenvalue weighted by molar-refractivity contribution is -0.124. The number of fused-ring (bicyclic) bond motifs is 1. The summed E-state index contributed by atoms with van der Waals surface area (Å²) in [5.41, 5.74) is 4.30. The lowest BCUT2D eigenvalue weighted by Crippen LogP contribution is -2.32. The zero-order chi connectivity index (χ0) is 25.1. The third-order valence-corrected chi connectivity index (χ3v) is 6.86. The van der Waals surface area contributed by atoms with Gasteiger partial charge in [0.15, 0.2) is 11.2 Å². The Morgan fingerprint density at radius 3 is 2.56 bits per heavy atom. The fourth-order valence-corrected chi connectivity index (χ4v) is 4.72. The average molecular weight is 561 g/mol. The van der Waals surface area contributed by atoms with Crippen LogP contribution in [-0.4, -0.2) is 32.9 Å². The first-order valence-corrected chi connectivity index (χ1v) is 13.0. The third kappa shape index (κ3) is 5.07. The molecule has 3 aromatic carbocycles. The number of esters is 1. The number of benzene rings is 3. The van der Waals surface area contributed by atoms with E-state index in [0.717, 1.165) is 26.8 Å². The van der Waals surface area contributed by atoms with E-state index in [1.807, 2.05) is 60.0 Å². The van der Waals surface area contributed by atoms with Crippen LogP contribution in [0.5, 0.6) is 0 Å². The number of rotatable bonds is 7. The van der Waals surface area contributed by atoms with Crippen LogP contribution in [0.2, 0.25) is 0 Å². The summed E-state index contributed by atoms with van der Waals surface area (Å²) in [6, 6.07) is 22.4. The van der Waals surface area contributed by atoms with Crippen molar-refractivity contribution in [2.45, 2.75) is 19.4 Å². The first-order chi connectivity index (χ1) is 17.5. The van der Waals surface area contributed by atoms with Gasteiger partial charge in [0.25, 0.3) is 5.91 Å². The first-order valence-electron chi connectivity index (χ1n) is 11.3. The monoisotopic (exact) mass is 560 g/mol. The average Bonchev–Trinajstić information content (AvgIpc) is 3.54. The van der Waals surface area contributed by atoms with Gasteiger partial charge >= 0.3 is 5.97 Å². The number of aromatic nitrogens is 3. The van der Waals surface area contributed by atoms with Gasteiger partial charge in [0, 0.05) is 21.0 Å². The van der Waals surface area contributed by atoms with E-state index in [1.165, 1.54) is 11.3 Å². The number of aromatic amines is 1. The minimum atomic E-state index is -0.971. The molecular formula is C27H21BrN4O3S. The molecule has 0 aliphatic rings. The fraction of sp³-hybridized carbons (Fsp3) is 0.111. The van der Waals surface area contributed by atoms with Crippen LogP contribution < -0.4 is 5.32 Å². The molecular weight excluding hydrogens is 540 g/mol. The molecule has 2 aromatic heterocycles. The van der Waals surface area contributed by atoms with Gasteiger partial charge in [-0.2, -0.15) is 0 Å². The number of thiazole rings is 1. The maximum atomic E-state index is 13.1. The van der Waals surface area contributed by atoms with Gasteiger partial charge in [0.1, 0.15) is 5.82 Å². The number of carbonyl (C=O) groups is 2. The number of carbonyl (C=O) groups excluding carboxylic acids is 2. The molecule has 1 amide bonds. The minimum absolute atomic E-state index is 0.315. The van der Waals surface area contributed by atoms with Crippen LogP contribution in [0.4, 0.5) is 5.13 Å². The molecule has 0 aliphatic heterocycles. The lowest BCUT2D eigenvalue weighted by atomic mass is 10.1. The number of imidazole rings is 1. The van der Waals surface area contributed by atoms with Gasteiger partial charge in [-0.05, 0) is 36.8 Å². The second kappa shape index (κ2) is 10.4. The molecule has 1 atom stereocenters. The van der Waals surface area contributed by atoms with Crippen molar-refractivity contribution in [2.75, 3.05) is 5.32 Å². The largest absolute Gasteiger partial charge is 0.449 e. The molecule has 0 saturated carbocycles. The van der Waals surface area contributed by atoms with Crippen LogP contribution in [0.25, 0.3) is 33.7 Å². The highest BCUT2D eigenvalue weighted by Gasteiger charge is 2.25. The van der Waals surface area contributed by atoms with E-state index < -0.39 is 18.0 Å². The topological polar surface area (TPSA) is 97.0 Å². The number of anilines is 1. The van der Waals surface area contributed by atoms with Crippen molar-refractivity contribution in [3.05, 3.63) is 88.2 Å². The zero-order valence-electron chi connectivity index (χ0n) is 19.2. The molecule has 0 bridgehead atoms. The summed E-state index contributed by atoms with van der Waals surface area (Å²) in [6.07, 6.45) is -0.656. The Hall–Kier alpha value is -3.82. The number of hydrogen-bond acceptors (Lipinski definition) is 6. The van der Waals surface area contributed by atoms with E-state index in [0.29, 0.717) is 28.5 Å². The Morgan fingerprint density at radius 2 is 1.78 bits per heavy atom. The first kappa shape index (κ1) is 23.9. The predicted octanol–water partition coefficient (Wildman–Crippen LogP) is 6.69. The number of H-pyrrole nitrogens is 1. The molecule has 2 N–H and O–H groups in total. The molecule has 1 unspecified atom stereocenters. The van der Waals surface area contributed by atoms with Gasteiger partial charge in [-0.3, -0.25) is 10.1 Å². The van der Waals surface area contributed by atoms with Crippen molar-refractivity contribution in [3.63, 3.8) is 0 Å². The van der Waals surface area contributed by atoms with Gasteiger partial charge in [-0.25, -0.2) is 14.8 Å². The quantitative estimate of drug-likeness (QED) is 0.216. The van der Waals surface area contributed by atoms with Gasteiger partial charge in [-0.15, -0.1) is 11.3 Å². The number of hydrogen-bond donors (Lipinski definition) is 2. The van der Waals surface area contributed by atoms with E-state index >= 15 is 0 Å². The molecule has 0 fully saturated rings. The van der Waals surface area contributed by atoms with E-state index in [2.05, 4.69) is 36.2 Å². The van der Waals surface area contributed by atoms with E-state index in [4.69, 9.17) is 4.74 Å². The number of nitrogens with one attached hydrogen (secondary N) is 2. The van der Waals surface area contributed by atoms with Crippen molar-refractivity contribution >= 4 is 55.3 Å². The number of halogens is 1. The molecule has 5 aromatic rings. The normalized spacial score (nSPS) is 11.8. The summed E-state index contributed by atoms with van der Waals surface area (Å²) in [5, 5.41) is 5.09. The molecule has 5 rings (SSSR count). The highest BCUT2D eigenvalue weighted by molar-refractivity contribution is 9.10.